The van der Waals surface area contributed by atoms with Gasteiger partial charge in [-0.2, -0.15) is 0 Å². The molecule has 0 saturated carbocycles. The monoisotopic (exact) mass is 471 g/mol. The van der Waals surface area contributed by atoms with Crippen LogP contribution in [0, 0.1) is 6.92 Å². The van der Waals surface area contributed by atoms with Gasteiger partial charge in [-0.25, -0.2) is 0 Å². The molecule has 178 valence electrons. The lowest BCUT2D eigenvalue weighted by Crippen LogP contribution is -2.36. The Hall–Kier alpha value is -2.34. The maximum atomic E-state index is 12.9. The van der Waals surface area contributed by atoms with Gasteiger partial charge in [0.05, 0.1) is 18.1 Å². The van der Waals surface area contributed by atoms with Crippen LogP contribution < -0.4 is 10.2 Å². The van der Waals surface area contributed by atoms with E-state index in [-0.39, 0.29) is 23.9 Å². The van der Waals surface area contributed by atoms with E-state index in [1.165, 1.54) is 12.8 Å². The lowest BCUT2D eigenvalue weighted by atomic mass is 10.1. The van der Waals surface area contributed by atoms with E-state index < -0.39 is 0 Å². The Kier molecular flexibility index (Phi) is 9.36. The molecule has 3 aromatic rings. The highest BCUT2D eigenvalue weighted by Crippen LogP contribution is 2.27. The summed E-state index contributed by atoms with van der Waals surface area (Å²) in [6.45, 7) is 5.62. The van der Waals surface area contributed by atoms with Crippen LogP contribution in [0.15, 0.2) is 57.7 Å². The molecule has 2 aromatic carbocycles. The number of aliphatic hydroxyl groups is 1. The van der Waals surface area contributed by atoms with Gasteiger partial charge in [0.25, 0.3) is 0 Å². The molecule has 6 heteroatoms. The van der Waals surface area contributed by atoms with E-state index in [0.29, 0.717) is 34.6 Å². The van der Waals surface area contributed by atoms with Gasteiger partial charge in [0.1, 0.15) is 17.1 Å². The Morgan fingerprint density at radius 1 is 1.03 bits per heavy atom. The number of unbranched alkanes of at least 4 members (excludes halogenated alkanes) is 3. The second-order valence-corrected chi connectivity index (χ2v) is 8.74. The van der Waals surface area contributed by atoms with Crippen LogP contribution in [-0.4, -0.2) is 42.4 Å². The summed E-state index contributed by atoms with van der Waals surface area (Å²) in [5.41, 5.74) is 2.09. The summed E-state index contributed by atoms with van der Waals surface area (Å²) in [6.07, 6.45) is 6.22. The number of likely N-dealkylation sites (tertiary alicyclic amines) is 1. The Morgan fingerprint density at radius 2 is 1.76 bits per heavy atom. The van der Waals surface area contributed by atoms with Gasteiger partial charge in [-0.05, 0) is 57.4 Å². The van der Waals surface area contributed by atoms with E-state index in [2.05, 4.69) is 4.90 Å². The van der Waals surface area contributed by atoms with Crippen molar-refractivity contribution in [2.45, 2.75) is 51.6 Å². The molecule has 1 aliphatic heterocycles. The molecular weight excluding hydrogens is 438 g/mol. The number of aliphatic hydroxyl groups excluding tert-OH is 1. The van der Waals surface area contributed by atoms with Crippen LogP contribution >= 0.6 is 12.4 Å². The molecule has 0 bridgehead atoms. The first-order valence-electron chi connectivity index (χ1n) is 11.8. The summed E-state index contributed by atoms with van der Waals surface area (Å²) in [5, 5.41) is 10.1. The van der Waals surface area contributed by atoms with Crippen LogP contribution in [0.25, 0.3) is 22.3 Å². The molecule has 0 unspecified atom stereocenters. The summed E-state index contributed by atoms with van der Waals surface area (Å²) < 4.78 is 12.0. The second kappa shape index (κ2) is 12.2. The van der Waals surface area contributed by atoms with E-state index in [9.17, 15) is 9.90 Å². The zero-order chi connectivity index (χ0) is 22.3. The minimum Gasteiger partial charge on any atom is -0.494 e. The van der Waals surface area contributed by atoms with Crippen molar-refractivity contribution in [3.63, 3.8) is 0 Å². The van der Waals surface area contributed by atoms with Crippen molar-refractivity contribution in [2.75, 3.05) is 26.2 Å². The summed E-state index contributed by atoms with van der Waals surface area (Å²) >= 11 is 0. The van der Waals surface area contributed by atoms with E-state index in [0.717, 1.165) is 50.9 Å². The van der Waals surface area contributed by atoms with Gasteiger partial charge in [0.15, 0.2) is 5.43 Å². The Bertz CT molecular complexity index is 1070. The van der Waals surface area contributed by atoms with Gasteiger partial charge in [0.2, 0.25) is 0 Å². The first kappa shape index (κ1) is 25.3. The first-order valence-corrected chi connectivity index (χ1v) is 11.8. The quantitative estimate of drug-likeness (QED) is 0.412. The number of ether oxygens (including phenoxy) is 1. The van der Waals surface area contributed by atoms with Crippen LogP contribution in [0.4, 0.5) is 0 Å². The Balaban J connectivity index is 0.00000306. The van der Waals surface area contributed by atoms with Crippen molar-refractivity contribution in [3.8, 4) is 17.1 Å². The molecule has 1 aliphatic rings. The number of nitrogens with zero attached hydrogens (tertiary/aromatic N) is 1. The second-order valence-electron chi connectivity index (χ2n) is 8.74. The summed E-state index contributed by atoms with van der Waals surface area (Å²) in [4.78, 5) is 15.4. The number of benzene rings is 2. The van der Waals surface area contributed by atoms with Gasteiger partial charge >= 0.3 is 0 Å². The molecule has 2 heterocycles. The van der Waals surface area contributed by atoms with Crippen molar-refractivity contribution in [1.82, 2.24) is 4.90 Å². The highest BCUT2D eigenvalue weighted by molar-refractivity contribution is 5.85. The third-order valence-electron chi connectivity index (χ3n) is 6.32. The molecule has 4 rings (SSSR count). The van der Waals surface area contributed by atoms with Crippen LogP contribution in [0.1, 0.15) is 44.1 Å². The lowest BCUT2D eigenvalue weighted by Gasteiger charge is -2.29. The fourth-order valence-corrected chi connectivity index (χ4v) is 4.35. The molecule has 33 heavy (non-hydrogen) atoms. The number of hydrogen-bond donors (Lipinski definition) is 1. The molecule has 0 spiro atoms. The third-order valence-corrected chi connectivity index (χ3v) is 6.32. The predicted octanol–water partition coefficient (Wildman–Crippen LogP) is 5.59. The third kappa shape index (κ3) is 6.59. The molecule has 0 aliphatic carbocycles. The van der Waals surface area contributed by atoms with E-state index in [1.54, 1.807) is 6.07 Å². The maximum Gasteiger partial charge on any atom is 0.196 e. The van der Waals surface area contributed by atoms with Crippen LogP contribution in [0.2, 0.25) is 0 Å². The summed E-state index contributed by atoms with van der Waals surface area (Å²) in [6, 6.07) is 15.2. The average Bonchev–Trinajstić information content (AvgIpc) is 2.82. The van der Waals surface area contributed by atoms with Crippen molar-refractivity contribution < 1.29 is 14.3 Å². The number of halogens is 1. The predicted molar refractivity (Wildman–Crippen MR) is 136 cm³/mol. The van der Waals surface area contributed by atoms with Gasteiger partial charge in [-0.15, -0.1) is 12.4 Å². The van der Waals surface area contributed by atoms with E-state index in [1.807, 2.05) is 49.4 Å². The molecule has 1 saturated heterocycles. The standard InChI is InChI=1S/C27H33NO4.ClH/c1-20-26(30)24-19-23(11-12-25(24)32-27(20)21-9-5-4-6-10-21)31-18-8-3-2-7-15-28-16-13-22(29)14-17-28;/h4-6,9-12,19,22,29H,2-3,7-8,13-18H2,1H3;1H. The Labute approximate surface area is 201 Å². The fraction of sp³-hybridized carbons (Fsp3) is 0.444. The van der Waals surface area contributed by atoms with Crippen molar-refractivity contribution >= 4 is 23.4 Å². The molecule has 0 radical (unpaired) electrons. The highest BCUT2D eigenvalue weighted by atomic mass is 35.5. The topological polar surface area (TPSA) is 62.9 Å². The normalized spacial score (nSPS) is 14.8. The van der Waals surface area contributed by atoms with Gasteiger partial charge in [-0.3, -0.25) is 4.79 Å². The molecule has 1 N–H and O–H groups in total. The fourth-order valence-electron chi connectivity index (χ4n) is 4.35. The average molecular weight is 472 g/mol. The van der Waals surface area contributed by atoms with Gasteiger partial charge in [-0.1, -0.05) is 43.2 Å². The smallest absolute Gasteiger partial charge is 0.196 e. The van der Waals surface area contributed by atoms with E-state index in [4.69, 9.17) is 9.15 Å². The zero-order valence-corrected chi connectivity index (χ0v) is 20.1. The molecule has 1 aromatic heterocycles. The largest absolute Gasteiger partial charge is 0.494 e. The molecular formula is C27H34ClNO4. The molecule has 0 amide bonds. The molecule has 5 nitrogen and oxygen atoms in total. The van der Waals surface area contributed by atoms with Crippen LogP contribution in [0.3, 0.4) is 0 Å². The maximum absolute atomic E-state index is 12.9. The van der Waals surface area contributed by atoms with Crippen LogP contribution in [0.5, 0.6) is 5.75 Å². The Morgan fingerprint density at radius 3 is 2.52 bits per heavy atom. The summed E-state index contributed by atoms with van der Waals surface area (Å²) in [7, 11) is 0. The van der Waals surface area contributed by atoms with Crippen LogP contribution in [-0.2, 0) is 0 Å². The number of piperidine rings is 1. The van der Waals surface area contributed by atoms with E-state index >= 15 is 0 Å². The van der Waals surface area contributed by atoms with Gasteiger partial charge < -0.3 is 19.2 Å². The number of rotatable bonds is 9. The minimum absolute atomic E-state index is 0. The summed E-state index contributed by atoms with van der Waals surface area (Å²) in [5.74, 6) is 1.33. The molecule has 0 atom stereocenters. The first-order chi connectivity index (χ1) is 15.6. The minimum atomic E-state index is -0.0975. The number of hydrogen-bond acceptors (Lipinski definition) is 5. The lowest BCUT2D eigenvalue weighted by molar-refractivity contribution is 0.0817. The van der Waals surface area contributed by atoms with Crippen molar-refractivity contribution in [3.05, 3.63) is 64.3 Å². The zero-order valence-electron chi connectivity index (χ0n) is 19.3. The van der Waals surface area contributed by atoms with Crippen molar-refractivity contribution in [1.29, 1.82) is 0 Å². The number of fused-ring (bicyclic) bond motifs is 1. The SMILES string of the molecule is Cc1c(-c2ccccc2)oc2ccc(OCCCCCCN3CCC(O)CC3)cc2c1=O.Cl. The van der Waals surface area contributed by atoms with Crippen molar-refractivity contribution in [2.24, 2.45) is 0 Å². The molecule has 1 fully saturated rings. The van der Waals surface area contributed by atoms with Gasteiger partial charge in [0, 0.05) is 24.2 Å². The highest BCUT2D eigenvalue weighted by Gasteiger charge is 2.16.